The molecule has 2 aromatic rings. The third kappa shape index (κ3) is 3.19. The lowest BCUT2D eigenvalue weighted by Gasteiger charge is -2.21. The smallest absolute Gasteiger partial charge is 0.324 e. The average Bonchev–Trinajstić information content (AvgIpc) is 2.93. The molecule has 112 valence electrons. The zero-order valence-corrected chi connectivity index (χ0v) is 12.0. The Labute approximate surface area is 123 Å². The van der Waals surface area contributed by atoms with Gasteiger partial charge in [0.1, 0.15) is 10.8 Å². The second-order valence-corrected chi connectivity index (χ2v) is 6.97. The maximum absolute atomic E-state index is 13.3. The first-order chi connectivity index (χ1) is 9.82. The molecule has 9 heteroatoms. The van der Waals surface area contributed by atoms with Crippen LogP contribution in [0, 0.1) is 11.6 Å². The van der Waals surface area contributed by atoms with Gasteiger partial charge in [-0.05, 0) is 23.6 Å². The number of aliphatic carboxylic acids is 1. The molecule has 0 aliphatic rings. The van der Waals surface area contributed by atoms with Gasteiger partial charge in [0, 0.05) is 6.07 Å². The number of sulfonamides is 1. The van der Waals surface area contributed by atoms with Crippen LogP contribution < -0.4 is 4.31 Å². The first-order valence-electron chi connectivity index (χ1n) is 5.55. The maximum atomic E-state index is 13.3. The lowest BCUT2D eigenvalue weighted by Crippen LogP contribution is -2.35. The third-order valence-electron chi connectivity index (χ3n) is 2.51. The van der Waals surface area contributed by atoms with Crippen LogP contribution in [0.1, 0.15) is 0 Å². The highest BCUT2D eigenvalue weighted by molar-refractivity contribution is 7.94. The normalized spacial score (nSPS) is 11.3. The van der Waals surface area contributed by atoms with Crippen molar-refractivity contribution in [2.45, 2.75) is 4.21 Å². The van der Waals surface area contributed by atoms with Crippen LogP contribution in [0.2, 0.25) is 0 Å². The quantitative estimate of drug-likeness (QED) is 0.911. The molecule has 0 fully saturated rings. The second-order valence-electron chi connectivity index (χ2n) is 3.94. The van der Waals surface area contributed by atoms with Crippen LogP contribution in [0.5, 0.6) is 0 Å². The van der Waals surface area contributed by atoms with Gasteiger partial charge in [-0.1, -0.05) is 6.07 Å². The molecule has 0 bridgehead atoms. The molecule has 5 nitrogen and oxygen atoms in total. The number of rotatable bonds is 5. The summed E-state index contributed by atoms with van der Waals surface area (Å²) in [7, 11) is -4.15. The van der Waals surface area contributed by atoms with Crippen molar-refractivity contribution < 1.29 is 27.1 Å². The fourth-order valence-corrected chi connectivity index (χ4v) is 4.11. The van der Waals surface area contributed by atoms with Gasteiger partial charge in [-0.2, -0.15) is 0 Å². The van der Waals surface area contributed by atoms with Gasteiger partial charge in [0.25, 0.3) is 10.0 Å². The number of carboxylic acid groups (broad SMARTS) is 1. The Morgan fingerprint density at radius 1 is 1.24 bits per heavy atom. The second kappa shape index (κ2) is 5.78. The molecule has 1 N–H and O–H groups in total. The molecule has 0 saturated carbocycles. The zero-order valence-electron chi connectivity index (χ0n) is 10.4. The number of halogens is 2. The van der Waals surface area contributed by atoms with E-state index >= 15 is 0 Å². The summed E-state index contributed by atoms with van der Waals surface area (Å²) < 4.78 is 51.4. The Bertz CT molecular complexity index is 760. The Morgan fingerprint density at radius 3 is 2.48 bits per heavy atom. The minimum atomic E-state index is -4.15. The number of thiophene rings is 1. The maximum Gasteiger partial charge on any atom is 0.324 e. The summed E-state index contributed by atoms with van der Waals surface area (Å²) in [5.74, 6) is -3.83. The van der Waals surface area contributed by atoms with Gasteiger partial charge in [-0.3, -0.25) is 9.10 Å². The first kappa shape index (κ1) is 15.4. The standard InChI is InChI=1S/C12H9F2NO4S2/c13-9-4-3-8(6-10(9)14)15(7-11(16)17)21(18,19)12-2-1-5-20-12/h1-6H,7H2,(H,16,17). The predicted molar refractivity (Wildman–Crippen MR) is 72.8 cm³/mol. The molecule has 2 rings (SSSR count). The van der Waals surface area contributed by atoms with E-state index in [1.54, 1.807) is 0 Å². The molecule has 0 aliphatic carbocycles. The van der Waals surface area contributed by atoms with Crippen LogP contribution in [0.15, 0.2) is 39.9 Å². The SMILES string of the molecule is O=C(O)CN(c1ccc(F)c(F)c1)S(=O)(=O)c1cccs1. The molecule has 21 heavy (non-hydrogen) atoms. The highest BCUT2D eigenvalue weighted by Crippen LogP contribution is 2.27. The minimum absolute atomic E-state index is 0.0894. The van der Waals surface area contributed by atoms with E-state index in [9.17, 15) is 22.0 Å². The topological polar surface area (TPSA) is 74.7 Å². The van der Waals surface area contributed by atoms with Gasteiger partial charge in [-0.15, -0.1) is 11.3 Å². The van der Waals surface area contributed by atoms with Gasteiger partial charge in [0.15, 0.2) is 11.6 Å². The van der Waals surface area contributed by atoms with Crippen molar-refractivity contribution >= 4 is 33.0 Å². The van der Waals surface area contributed by atoms with Crippen LogP contribution in [0.25, 0.3) is 0 Å². The molecule has 1 aromatic carbocycles. The lowest BCUT2D eigenvalue weighted by atomic mass is 10.3. The molecule has 1 heterocycles. The Balaban J connectivity index is 2.53. The number of carbonyl (C=O) groups is 1. The van der Waals surface area contributed by atoms with Gasteiger partial charge in [-0.25, -0.2) is 17.2 Å². The van der Waals surface area contributed by atoms with Gasteiger partial charge in [0.2, 0.25) is 0 Å². The average molecular weight is 333 g/mol. The lowest BCUT2D eigenvalue weighted by molar-refractivity contribution is -0.135. The molecule has 0 atom stereocenters. The number of hydrogen-bond donors (Lipinski definition) is 1. The molecule has 1 aromatic heterocycles. The van der Waals surface area contributed by atoms with E-state index in [2.05, 4.69) is 0 Å². The highest BCUT2D eigenvalue weighted by atomic mass is 32.2. The van der Waals surface area contributed by atoms with Crippen LogP contribution in [0.4, 0.5) is 14.5 Å². The van der Waals surface area contributed by atoms with Gasteiger partial charge in [0.05, 0.1) is 5.69 Å². The fraction of sp³-hybridized carbons (Fsp3) is 0.0833. The van der Waals surface area contributed by atoms with E-state index in [0.29, 0.717) is 10.4 Å². The van der Waals surface area contributed by atoms with Crippen molar-refractivity contribution in [1.82, 2.24) is 0 Å². The van der Waals surface area contributed by atoms with Crippen molar-refractivity contribution in [3.8, 4) is 0 Å². The van der Waals surface area contributed by atoms with E-state index in [-0.39, 0.29) is 9.90 Å². The number of nitrogens with zero attached hydrogens (tertiary/aromatic N) is 1. The summed E-state index contributed by atoms with van der Waals surface area (Å²) in [6.45, 7) is -0.898. The summed E-state index contributed by atoms with van der Waals surface area (Å²) in [5, 5.41) is 10.4. The minimum Gasteiger partial charge on any atom is -0.480 e. The first-order valence-corrected chi connectivity index (χ1v) is 7.87. The summed E-state index contributed by atoms with van der Waals surface area (Å²) in [6, 6.07) is 5.18. The fourth-order valence-electron chi connectivity index (χ4n) is 1.60. The van der Waals surface area contributed by atoms with E-state index in [1.165, 1.54) is 17.5 Å². The zero-order chi connectivity index (χ0) is 15.6. The van der Waals surface area contributed by atoms with Crippen LogP contribution >= 0.6 is 11.3 Å². The van der Waals surface area contributed by atoms with E-state index < -0.39 is 34.2 Å². The predicted octanol–water partition coefficient (Wildman–Crippen LogP) is 2.31. The summed E-state index contributed by atoms with van der Waals surface area (Å²) in [5.41, 5.74) is -0.260. The van der Waals surface area contributed by atoms with E-state index in [0.717, 1.165) is 23.5 Å². The Kier molecular flexibility index (Phi) is 4.24. The van der Waals surface area contributed by atoms with Crippen molar-refractivity contribution in [2.24, 2.45) is 0 Å². The molecular weight excluding hydrogens is 324 g/mol. The molecule has 0 saturated heterocycles. The molecular formula is C12H9F2NO4S2. The number of hydrogen-bond acceptors (Lipinski definition) is 4. The number of benzene rings is 1. The number of anilines is 1. The van der Waals surface area contributed by atoms with Gasteiger partial charge >= 0.3 is 5.97 Å². The van der Waals surface area contributed by atoms with Gasteiger partial charge < -0.3 is 5.11 Å². The third-order valence-corrected chi connectivity index (χ3v) is 5.66. The summed E-state index contributed by atoms with van der Waals surface area (Å²) in [6.07, 6.45) is 0. The van der Waals surface area contributed by atoms with Crippen molar-refractivity contribution in [3.63, 3.8) is 0 Å². The molecule has 0 amide bonds. The monoisotopic (exact) mass is 333 g/mol. The van der Waals surface area contributed by atoms with E-state index in [4.69, 9.17) is 5.11 Å². The van der Waals surface area contributed by atoms with Crippen molar-refractivity contribution in [1.29, 1.82) is 0 Å². The Morgan fingerprint density at radius 2 is 1.95 bits per heavy atom. The number of carboxylic acids is 1. The van der Waals surface area contributed by atoms with Crippen molar-refractivity contribution in [3.05, 3.63) is 47.3 Å². The van der Waals surface area contributed by atoms with Crippen molar-refractivity contribution in [2.75, 3.05) is 10.8 Å². The molecule has 0 unspecified atom stereocenters. The summed E-state index contributed by atoms with van der Waals surface area (Å²) >= 11 is 0.897. The van der Waals surface area contributed by atoms with Crippen LogP contribution in [-0.4, -0.2) is 26.0 Å². The van der Waals surface area contributed by atoms with E-state index in [1.807, 2.05) is 0 Å². The summed E-state index contributed by atoms with van der Waals surface area (Å²) in [4.78, 5) is 10.9. The molecule has 0 radical (unpaired) electrons. The largest absolute Gasteiger partial charge is 0.480 e. The Hall–Kier alpha value is -2.00. The highest BCUT2D eigenvalue weighted by Gasteiger charge is 2.28. The van der Waals surface area contributed by atoms with Crippen LogP contribution in [0.3, 0.4) is 0 Å². The van der Waals surface area contributed by atoms with Crippen LogP contribution in [-0.2, 0) is 14.8 Å². The molecule has 0 spiro atoms. The molecule has 0 aliphatic heterocycles.